The zero-order chi connectivity index (χ0) is 29.9. The minimum atomic E-state index is -1.35. The Balaban J connectivity index is 1.52. The van der Waals surface area contributed by atoms with Gasteiger partial charge in [-0.15, -0.1) is 0 Å². The van der Waals surface area contributed by atoms with Crippen molar-refractivity contribution < 1.29 is 24.2 Å². The average Bonchev–Trinajstić information content (AvgIpc) is 3.39. The molecule has 0 aliphatic carbocycles. The summed E-state index contributed by atoms with van der Waals surface area (Å²) >= 11 is 6.47. The fraction of sp³-hybridized carbons (Fsp3) is 0.531. The van der Waals surface area contributed by atoms with Gasteiger partial charge in [-0.2, -0.15) is 0 Å². The number of nitrogens with zero attached hydrogens (tertiary/aromatic N) is 1. The summed E-state index contributed by atoms with van der Waals surface area (Å²) < 4.78 is 6.48. The molecule has 0 aromatic heterocycles. The van der Waals surface area contributed by atoms with Crippen molar-refractivity contribution in [2.45, 2.75) is 75.8 Å². The molecule has 10 heteroatoms. The first-order valence-corrected chi connectivity index (χ1v) is 15.3. The minimum Gasteiger partial charge on any atom is -0.440 e. The van der Waals surface area contributed by atoms with E-state index in [0.29, 0.717) is 37.3 Å². The van der Waals surface area contributed by atoms with E-state index in [1.165, 1.54) is 4.90 Å². The van der Waals surface area contributed by atoms with Gasteiger partial charge < -0.3 is 25.8 Å². The van der Waals surface area contributed by atoms with Crippen LogP contribution in [0.15, 0.2) is 54.6 Å². The minimum absolute atomic E-state index is 0.0764. The zero-order valence-corrected chi connectivity index (χ0v) is 25.0. The van der Waals surface area contributed by atoms with E-state index in [1.54, 1.807) is 0 Å². The van der Waals surface area contributed by atoms with Gasteiger partial charge in [0.25, 0.3) is 0 Å². The molecule has 1 unspecified atom stereocenters. The molecule has 3 heterocycles. The van der Waals surface area contributed by atoms with Crippen LogP contribution in [0.25, 0.3) is 0 Å². The summed E-state index contributed by atoms with van der Waals surface area (Å²) in [5.74, 6) is -0.722. The smallest absolute Gasteiger partial charge is 0.413 e. The first-order valence-electron chi connectivity index (χ1n) is 15.0. The second-order valence-electron chi connectivity index (χ2n) is 12.2. The number of carbonyl (C=O) groups excluding carboxylic acids is 3. The van der Waals surface area contributed by atoms with Gasteiger partial charge in [-0.1, -0.05) is 67.9 Å². The van der Waals surface area contributed by atoms with Gasteiger partial charge in [0.15, 0.2) is 6.23 Å². The molecule has 3 saturated heterocycles. The maximum atomic E-state index is 14.3. The van der Waals surface area contributed by atoms with E-state index in [1.807, 2.05) is 68.4 Å². The molecular formula is C32H41ClN4O5. The van der Waals surface area contributed by atoms with Crippen LogP contribution < -0.4 is 16.0 Å². The van der Waals surface area contributed by atoms with E-state index in [4.69, 9.17) is 16.3 Å². The second kappa shape index (κ2) is 13.0. The van der Waals surface area contributed by atoms with Gasteiger partial charge in [0.1, 0.15) is 12.1 Å². The first kappa shape index (κ1) is 30.3. The third-order valence-corrected chi connectivity index (χ3v) is 9.17. The molecule has 9 nitrogen and oxygen atoms in total. The molecule has 5 rings (SSSR count). The Bertz CT molecular complexity index is 1270. The Morgan fingerprint density at radius 2 is 1.81 bits per heavy atom. The SMILES string of the molecule is CC(C)C[C@H]1C(=O)N[C@H](C[C@@H]2CCNC2=O)[C@H](O)N1C(=O)OC(c1ccccc1)C1(c2cccc(Cl)c2)CCNCC1. The van der Waals surface area contributed by atoms with Crippen LogP contribution in [-0.4, -0.2) is 65.9 Å². The number of aliphatic hydroxyl groups excluding tert-OH is 1. The summed E-state index contributed by atoms with van der Waals surface area (Å²) in [6.07, 6.45) is -0.218. The maximum absolute atomic E-state index is 14.3. The number of rotatable bonds is 8. The highest BCUT2D eigenvalue weighted by molar-refractivity contribution is 6.30. The third kappa shape index (κ3) is 6.28. The summed E-state index contributed by atoms with van der Waals surface area (Å²) in [6.45, 7) is 5.94. The van der Waals surface area contributed by atoms with Crippen molar-refractivity contribution in [2.24, 2.45) is 11.8 Å². The number of nitrogens with one attached hydrogen (secondary N) is 3. The number of piperidine rings is 1. The van der Waals surface area contributed by atoms with Crippen LogP contribution in [0.2, 0.25) is 5.02 Å². The Morgan fingerprint density at radius 1 is 1.07 bits per heavy atom. The highest BCUT2D eigenvalue weighted by Crippen LogP contribution is 2.47. The summed E-state index contributed by atoms with van der Waals surface area (Å²) in [7, 11) is 0. The van der Waals surface area contributed by atoms with Gasteiger partial charge in [-0.3, -0.25) is 14.5 Å². The van der Waals surface area contributed by atoms with Gasteiger partial charge in [-0.05, 0) is 74.4 Å². The lowest BCUT2D eigenvalue weighted by Gasteiger charge is -2.47. The van der Waals surface area contributed by atoms with Crippen molar-refractivity contribution in [3.05, 3.63) is 70.7 Å². The van der Waals surface area contributed by atoms with Gasteiger partial charge in [0.2, 0.25) is 11.8 Å². The van der Waals surface area contributed by atoms with Crippen LogP contribution in [-0.2, 0) is 19.7 Å². The van der Waals surface area contributed by atoms with Crippen molar-refractivity contribution in [3.63, 3.8) is 0 Å². The largest absolute Gasteiger partial charge is 0.440 e. The van der Waals surface area contributed by atoms with Crippen LogP contribution in [0, 0.1) is 11.8 Å². The lowest BCUT2D eigenvalue weighted by Crippen LogP contribution is -2.67. The summed E-state index contributed by atoms with van der Waals surface area (Å²) in [5, 5.41) is 21.3. The number of aliphatic hydroxyl groups is 1. The lowest BCUT2D eigenvalue weighted by atomic mass is 9.67. The van der Waals surface area contributed by atoms with Gasteiger partial charge in [0.05, 0.1) is 6.04 Å². The summed E-state index contributed by atoms with van der Waals surface area (Å²) in [4.78, 5) is 41.3. The van der Waals surface area contributed by atoms with Crippen LogP contribution in [0.4, 0.5) is 4.79 Å². The molecule has 3 amide bonds. The molecule has 0 bridgehead atoms. The van der Waals surface area contributed by atoms with E-state index in [0.717, 1.165) is 24.2 Å². The molecule has 2 aromatic rings. The molecular weight excluding hydrogens is 556 g/mol. The standard InChI is InChI=1S/C32H41ClN4O5/c1-20(2)17-26-29(39)36-25(18-22-11-14-35-28(22)38)30(40)37(26)31(41)42-27(21-7-4-3-5-8-21)32(12-15-34-16-13-32)23-9-6-10-24(33)19-23/h3-10,19-20,22,25-27,30,34,40H,11-18H2,1-2H3,(H,35,38)(H,36,39)/t22-,25+,26-,27?,30-/m0/s1. The van der Waals surface area contributed by atoms with Gasteiger partial charge in [-0.25, -0.2) is 4.79 Å². The van der Waals surface area contributed by atoms with Crippen LogP contribution in [0.3, 0.4) is 0 Å². The highest BCUT2D eigenvalue weighted by Gasteiger charge is 2.50. The third-order valence-electron chi connectivity index (χ3n) is 8.94. The molecule has 3 fully saturated rings. The van der Waals surface area contributed by atoms with Crippen LogP contribution >= 0.6 is 11.6 Å². The molecule has 5 atom stereocenters. The van der Waals surface area contributed by atoms with Crippen LogP contribution in [0.5, 0.6) is 0 Å². The highest BCUT2D eigenvalue weighted by atomic mass is 35.5. The maximum Gasteiger partial charge on any atom is 0.413 e. The normalized spacial score (nSPS) is 26.5. The monoisotopic (exact) mass is 596 g/mol. The number of halogens is 1. The Labute approximate surface area is 252 Å². The molecule has 3 aliphatic rings. The number of hydrogen-bond donors (Lipinski definition) is 4. The fourth-order valence-corrected chi connectivity index (χ4v) is 6.97. The average molecular weight is 597 g/mol. The lowest BCUT2D eigenvalue weighted by molar-refractivity contribution is -0.147. The molecule has 3 aliphatic heterocycles. The number of benzene rings is 2. The van der Waals surface area contributed by atoms with Gasteiger partial charge >= 0.3 is 6.09 Å². The molecule has 226 valence electrons. The van der Waals surface area contributed by atoms with Crippen molar-refractivity contribution in [2.75, 3.05) is 19.6 Å². The Morgan fingerprint density at radius 3 is 2.45 bits per heavy atom. The molecule has 2 aromatic carbocycles. The molecule has 0 spiro atoms. The molecule has 4 N–H and O–H groups in total. The number of carbonyl (C=O) groups is 3. The van der Waals surface area contributed by atoms with E-state index in [9.17, 15) is 19.5 Å². The van der Waals surface area contributed by atoms with E-state index >= 15 is 0 Å². The van der Waals surface area contributed by atoms with Gasteiger partial charge in [0, 0.05) is 22.9 Å². The number of amides is 3. The Kier molecular flexibility index (Phi) is 9.40. The van der Waals surface area contributed by atoms with Crippen molar-refractivity contribution in [3.8, 4) is 0 Å². The van der Waals surface area contributed by atoms with Crippen LogP contribution in [0.1, 0.15) is 63.2 Å². The number of ether oxygens (including phenoxy) is 1. The molecule has 0 saturated carbocycles. The predicted octanol–water partition coefficient (Wildman–Crippen LogP) is 3.90. The fourth-order valence-electron chi connectivity index (χ4n) is 6.78. The quantitative estimate of drug-likeness (QED) is 0.367. The van der Waals surface area contributed by atoms with Crippen molar-refractivity contribution >= 4 is 29.5 Å². The summed E-state index contributed by atoms with van der Waals surface area (Å²) in [5.41, 5.74) is 1.20. The Hall–Kier alpha value is -3.14. The summed E-state index contributed by atoms with van der Waals surface area (Å²) in [6, 6.07) is 15.6. The van der Waals surface area contributed by atoms with E-state index in [-0.39, 0.29) is 30.1 Å². The van der Waals surface area contributed by atoms with Crippen molar-refractivity contribution in [1.82, 2.24) is 20.9 Å². The topological polar surface area (TPSA) is 120 Å². The molecule has 42 heavy (non-hydrogen) atoms. The number of piperazine rings is 1. The number of hydrogen-bond acceptors (Lipinski definition) is 6. The van der Waals surface area contributed by atoms with E-state index < -0.39 is 35.9 Å². The molecule has 0 radical (unpaired) electrons. The first-order chi connectivity index (χ1) is 20.2. The van der Waals surface area contributed by atoms with Crippen molar-refractivity contribution in [1.29, 1.82) is 0 Å². The zero-order valence-electron chi connectivity index (χ0n) is 24.2. The predicted molar refractivity (Wildman–Crippen MR) is 160 cm³/mol. The van der Waals surface area contributed by atoms with E-state index in [2.05, 4.69) is 16.0 Å². The second-order valence-corrected chi connectivity index (χ2v) is 12.6.